The van der Waals surface area contributed by atoms with Crippen LogP contribution in [0, 0.1) is 0 Å². The molecule has 0 aliphatic carbocycles. The van der Waals surface area contributed by atoms with E-state index in [1.54, 1.807) is 20.7 Å². The van der Waals surface area contributed by atoms with E-state index in [0.717, 1.165) is 4.68 Å². The van der Waals surface area contributed by atoms with Gasteiger partial charge < -0.3 is 9.80 Å². The number of aromatic nitrogens is 5. The van der Waals surface area contributed by atoms with Gasteiger partial charge in [-0.05, 0) is 23.9 Å². The second-order valence-corrected chi connectivity index (χ2v) is 8.69. The molecule has 2 amide bonds. The number of hydrogen-bond donors (Lipinski definition) is 0. The quantitative estimate of drug-likeness (QED) is 0.577. The van der Waals surface area contributed by atoms with Crippen molar-refractivity contribution in [2.24, 2.45) is 0 Å². The number of nitrogens with zero attached hydrogens (tertiary/aromatic N) is 7. The highest BCUT2D eigenvalue weighted by Crippen LogP contribution is 2.34. The third-order valence-electron chi connectivity index (χ3n) is 5.75. The molecule has 0 spiro atoms. The Hall–Kier alpha value is -3.22. The summed E-state index contributed by atoms with van der Waals surface area (Å²) >= 11 is 1.33. The summed E-state index contributed by atoms with van der Waals surface area (Å²) in [5.74, 6) is -0.434. The maximum atomic E-state index is 13.2. The maximum Gasteiger partial charge on any atom is 0.390 e. The number of aryl methyl sites for hydroxylation is 1. The van der Waals surface area contributed by atoms with E-state index in [4.69, 9.17) is 0 Å². The van der Waals surface area contributed by atoms with Crippen molar-refractivity contribution in [2.45, 2.75) is 37.6 Å². The third kappa shape index (κ3) is 3.76. The molecule has 2 bridgehead atoms. The van der Waals surface area contributed by atoms with Crippen molar-refractivity contribution in [1.82, 2.24) is 34.6 Å². The first-order chi connectivity index (χ1) is 15.3. The summed E-state index contributed by atoms with van der Waals surface area (Å²) in [4.78, 5) is 30.1. The highest BCUT2D eigenvalue weighted by atomic mass is 32.1. The number of amides is 2. The summed E-state index contributed by atoms with van der Waals surface area (Å²) in [7, 11) is 0. The fourth-order valence-corrected chi connectivity index (χ4v) is 5.10. The van der Waals surface area contributed by atoms with Crippen molar-refractivity contribution in [3.8, 4) is 5.69 Å². The monoisotopic (exact) mass is 465 g/mol. The van der Waals surface area contributed by atoms with Gasteiger partial charge in [-0.15, -0.1) is 16.4 Å². The van der Waals surface area contributed by atoms with Crippen LogP contribution in [0.3, 0.4) is 0 Å². The standard InChI is InChI=1S/C19H18F3N7O2S/c20-19(21,22)3-6-26-5-1-14(24-26)17(30)27-10-13-9-12(27)11-28(13)18(31)16-15(2-8-32-16)29-7-4-23-25-29/h1-2,4-5,7-8,12-13H,3,6,9-11H2/t12-,13-/m0/s1. The molecule has 2 atom stereocenters. The molecule has 3 aromatic rings. The Morgan fingerprint density at radius 3 is 2.50 bits per heavy atom. The maximum absolute atomic E-state index is 13.2. The van der Waals surface area contributed by atoms with Gasteiger partial charge in [0, 0.05) is 25.8 Å². The van der Waals surface area contributed by atoms with Crippen LogP contribution in [0.2, 0.25) is 0 Å². The lowest BCUT2D eigenvalue weighted by Gasteiger charge is -2.33. The smallest absolute Gasteiger partial charge is 0.331 e. The Labute approximate surface area is 184 Å². The van der Waals surface area contributed by atoms with Crippen LogP contribution in [0.15, 0.2) is 36.1 Å². The normalized spacial score (nSPS) is 20.3. The largest absolute Gasteiger partial charge is 0.390 e. The third-order valence-corrected chi connectivity index (χ3v) is 6.65. The van der Waals surface area contributed by atoms with Gasteiger partial charge in [-0.1, -0.05) is 5.21 Å². The number of carbonyl (C=O) groups is 2. The minimum atomic E-state index is -4.28. The SMILES string of the molecule is O=C(c1ccn(CCC(F)(F)F)n1)N1C[C@@H]2C[C@H]1CN2C(=O)c1sccc1-n1ccnn1. The van der Waals surface area contributed by atoms with Crippen molar-refractivity contribution in [1.29, 1.82) is 0 Å². The fourth-order valence-electron chi connectivity index (χ4n) is 4.26. The molecule has 0 saturated carbocycles. The number of piperazine rings is 1. The van der Waals surface area contributed by atoms with E-state index in [-0.39, 0.29) is 36.1 Å². The zero-order chi connectivity index (χ0) is 22.5. The lowest BCUT2D eigenvalue weighted by atomic mass is 10.2. The number of halogens is 3. The molecule has 2 aliphatic heterocycles. The van der Waals surface area contributed by atoms with E-state index in [1.165, 1.54) is 29.8 Å². The number of carbonyl (C=O) groups excluding carboxylic acids is 2. The molecule has 2 fully saturated rings. The lowest BCUT2D eigenvalue weighted by Crippen LogP contribution is -2.50. The van der Waals surface area contributed by atoms with Crippen LogP contribution in [0.5, 0.6) is 0 Å². The molecule has 32 heavy (non-hydrogen) atoms. The molecule has 168 valence electrons. The molecule has 5 rings (SSSR count). The van der Waals surface area contributed by atoms with Crippen LogP contribution >= 0.6 is 11.3 Å². The van der Waals surface area contributed by atoms with Crippen molar-refractivity contribution in [3.63, 3.8) is 0 Å². The summed E-state index contributed by atoms with van der Waals surface area (Å²) in [6, 6.07) is 2.98. The summed E-state index contributed by atoms with van der Waals surface area (Å²) in [6.45, 7) is 0.438. The van der Waals surface area contributed by atoms with Gasteiger partial charge in [0.2, 0.25) is 0 Å². The van der Waals surface area contributed by atoms with Gasteiger partial charge in [-0.2, -0.15) is 18.3 Å². The Morgan fingerprint density at radius 2 is 1.84 bits per heavy atom. The molecule has 5 heterocycles. The summed E-state index contributed by atoms with van der Waals surface area (Å²) in [5.41, 5.74) is 0.780. The van der Waals surface area contributed by atoms with Gasteiger partial charge in [-0.25, -0.2) is 4.68 Å². The zero-order valence-electron chi connectivity index (χ0n) is 16.6. The van der Waals surface area contributed by atoms with E-state index in [9.17, 15) is 22.8 Å². The summed E-state index contributed by atoms with van der Waals surface area (Å²) in [6.07, 6.45) is -0.0353. The van der Waals surface area contributed by atoms with Gasteiger partial charge in [0.25, 0.3) is 11.8 Å². The highest BCUT2D eigenvalue weighted by molar-refractivity contribution is 7.12. The van der Waals surface area contributed by atoms with Gasteiger partial charge in [0.15, 0.2) is 0 Å². The summed E-state index contributed by atoms with van der Waals surface area (Å²) < 4.78 is 39.9. The summed E-state index contributed by atoms with van der Waals surface area (Å²) in [5, 5.41) is 13.6. The van der Waals surface area contributed by atoms with E-state index >= 15 is 0 Å². The first kappa shape index (κ1) is 20.7. The molecule has 0 radical (unpaired) electrons. The lowest BCUT2D eigenvalue weighted by molar-refractivity contribution is -0.137. The molecular weight excluding hydrogens is 447 g/mol. The zero-order valence-corrected chi connectivity index (χ0v) is 17.5. The minimum Gasteiger partial charge on any atom is -0.331 e. The molecule has 0 unspecified atom stereocenters. The average molecular weight is 465 g/mol. The average Bonchev–Trinajstić information content (AvgIpc) is 3.58. The first-order valence-electron chi connectivity index (χ1n) is 9.96. The molecule has 2 saturated heterocycles. The Bertz CT molecular complexity index is 1140. The first-order valence-corrected chi connectivity index (χ1v) is 10.8. The van der Waals surface area contributed by atoms with Crippen LogP contribution in [0.4, 0.5) is 13.2 Å². The Morgan fingerprint density at radius 1 is 1.09 bits per heavy atom. The van der Waals surface area contributed by atoms with Gasteiger partial charge in [0.1, 0.15) is 10.6 Å². The van der Waals surface area contributed by atoms with E-state index in [0.29, 0.717) is 30.1 Å². The van der Waals surface area contributed by atoms with Crippen LogP contribution in [-0.4, -0.2) is 77.7 Å². The topological polar surface area (TPSA) is 89.2 Å². The van der Waals surface area contributed by atoms with Crippen LogP contribution in [0.1, 0.15) is 33.0 Å². The van der Waals surface area contributed by atoms with Crippen molar-refractivity contribution < 1.29 is 22.8 Å². The van der Waals surface area contributed by atoms with Gasteiger partial charge in [0.05, 0.1) is 36.6 Å². The van der Waals surface area contributed by atoms with Gasteiger partial charge >= 0.3 is 6.18 Å². The number of fused-ring (bicyclic) bond motifs is 2. The highest BCUT2D eigenvalue weighted by Gasteiger charge is 2.48. The van der Waals surface area contributed by atoms with E-state index in [1.807, 2.05) is 11.4 Å². The number of hydrogen-bond acceptors (Lipinski definition) is 6. The van der Waals surface area contributed by atoms with E-state index < -0.39 is 12.6 Å². The Balaban J connectivity index is 1.24. The Kier molecular flexibility index (Phi) is 4.99. The number of alkyl halides is 3. The predicted molar refractivity (Wildman–Crippen MR) is 106 cm³/mol. The van der Waals surface area contributed by atoms with Crippen molar-refractivity contribution in [2.75, 3.05) is 13.1 Å². The van der Waals surface area contributed by atoms with Crippen molar-refractivity contribution in [3.05, 3.63) is 46.7 Å². The van der Waals surface area contributed by atoms with Crippen molar-refractivity contribution >= 4 is 23.2 Å². The van der Waals surface area contributed by atoms with Crippen LogP contribution < -0.4 is 0 Å². The minimum absolute atomic E-state index is 0.110. The molecule has 3 aromatic heterocycles. The van der Waals surface area contributed by atoms with Crippen LogP contribution in [0.25, 0.3) is 5.69 Å². The van der Waals surface area contributed by atoms with E-state index in [2.05, 4.69) is 15.4 Å². The van der Waals surface area contributed by atoms with Gasteiger partial charge in [-0.3, -0.25) is 14.3 Å². The molecule has 13 heteroatoms. The molecule has 9 nitrogen and oxygen atoms in total. The molecule has 2 aliphatic rings. The predicted octanol–water partition coefficient (Wildman–Crippen LogP) is 2.22. The molecule has 0 N–H and O–H groups in total. The molecule has 0 aromatic carbocycles. The number of thiophene rings is 1. The molecular formula is C19H18F3N7O2S. The second kappa shape index (κ2) is 7.73. The number of rotatable bonds is 5. The number of likely N-dealkylation sites (tertiary alicyclic amines) is 2. The second-order valence-electron chi connectivity index (χ2n) is 7.77. The fraction of sp³-hybridized carbons (Fsp3) is 0.421. The van der Waals surface area contributed by atoms with Crippen LogP contribution in [-0.2, 0) is 6.54 Å².